The molecule has 3 atom stereocenters. The first-order valence-corrected chi connectivity index (χ1v) is 6.00. The van der Waals surface area contributed by atoms with Crippen LogP contribution < -0.4 is 5.32 Å². The number of nitrogens with one attached hydrogen (secondary N) is 1. The second kappa shape index (κ2) is 5.86. The summed E-state index contributed by atoms with van der Waals surface area (Å²) >= 11 is 4.02. The molecule has 0 radical (unpaired) electrons. The van der Waals surface area contributed by atoms with Gasteiger partial charge in [0.05, 0.1) is 18.2 Å². The van der Waals surface area contributed by atoms with Crippen LogP contribution in [-0.2, 0) is 9.53 Å². The average molecular weight is 249 g/mol. The maximum Gasteiger partial charge on any atom is 0.320 e. The van der Waals surface area contributed by atoms with E-state index in [1.807, 2.05) is 0 Å². The molecule has 0 aromatic carbocycles. The second-order valence-electron chi connectivity index (χ2n) is 4.30. The van der Waals surface area contributed by atoms with E-state index in [0.29, 0.717) is 31.8 Å². The van der Waals surface area contributed by atoms with Crippen LogP contribution in [0.25, 0.3) is 0 Å². The summed E-state index contributed by atoms with van der Waals surface area (Å²) < 4.78 is 5.24. The number of hydrogen-bond donors (Lipinski definition) is 4. The molecule has 0 aromatic heterocycles. The van der Waals surface area contributed by atoms with Crippen LogP contribution in [0, 0.1) is 0 Å². The molecule has 1 aliphatic heterocycles. The van der Waals surface area contributed by atoms with Gasteiger partial charge in [-0.2, -0.15) is 12.6 Å². The molecular formula is C10H19NO4S. The van der Waals surface area contributed by atoms with Crippen LogP contribution in [0.15, 0.2) is 0 Å². The zero-order chi connectivity index (χ0) is 12.2. The van der Waals surface area contributed by atoms with Crippen LogP contribution in [-0.4, -0.2) is 52.8 Å². The maximum atomic E-state index is 11.0. The van der Waals surface area contributed by atoms with Gasteiger partial charge >= 0.3 is 5.97 Å². The molecule has 1 fully saturated rings. The number of carbonyl (C=O) groups is 1. The van der Waals surface area contributed by atoms with Gasteiger partial charge in [-0.3, -0.25) is 10.1 Å². The van der Waals surface area contributed by atoms with Crippen molar-refractivity contribution in [3.63, 3.8) is 0 Å². The lowest BCUT2D eigenvalue weighted by atomic mass is 9.91. The fraction of sp³-hybridized carbons (Fsp3) is 0.900. The molecule has 1 heterocycles. The topological polar surface area (TPSA) is 78.8 Å². The van der Waals surface area contributed by atoms with Crippen molar-refractivity contribution in [1.29, 1.82) is 0 Å². The Kier molecular flexibility index (Phi) is 5.04. The van der Waals surface area contributed by atoms with Gasteiger partial charge in [-0.15, -0.1) is 0 Å². The molecule has 6 heteroatoms. The first-order valence-electron chi connectivity index (χ1n) is 5.37. The van der Waals surface area contributed by atoms with Gasteiger partial charge in [0.15, 0.2) is 0 Å². The SMILES string of the molecule is CC1(O)CCOCC1NC(CCS)C(=O)O. The van der Waals surface area contributed by atoms with E-state index in [0.717, 1.165) is 0 Å². The van der Waals surface area contributed by atoms with Crippen LogP contribution in [0.1, 0.15) is 19.8 Å². The summed E-state index contributed by atoms with van der Waals surface area (Å²) in [4.78, 5) is 11.0. The zero-order valence-corrected chi connectivity index (χ0v) is 10.2. The highest BCUT2D eigenvalue weighted by Gasteiger charge is 2.37. The summed E-state index contributed by atoms with van der Waals surface area (Å²) in [6.07, 6.45) is 0.933. The highest BCUT2D eigenvalue weighted by atomic mass is 32.1. The number of ether oxygens (including phenoxy) is 1. The molecule has 3 N–H and O–H groups in total. The Hall–Kier alpha value is -0.300. The second-order valence-corrected chi connectivity index (χ2v) is 4.75. The summed E-state index contributed by atoms with van der Waals surface area (Å²) in [7, 11) is 0. The molecule has 3 unspecified atom stereocenters. The quantitative estimate of drug-likeness (QED) is 0.511. The number of carboxylic acid groups (broad SMARTS) is 1. The van der Waals surface area contributed by atoms with Crippen molar-refractivity contribution >= 4 is 18.6 Å². The van der Waals surface area contributed by atoms with E-state index < -0.39 is 17.6 Å². The fourth-order valence-electron chi connectivity index (χ4n) is 1.71. The third-order valence-corrected chi connectivity index (χ3v) is 3.16. The summed E-state index contributed by atoms with van der Waals surface area (Å²) in [5.74, 6) is -0.435. The predicted molar refractivity (Wildman–Crippen MR) is 62.9 cm³/mol. The summed E-state index contributed by atoms with van der Waals surface area (Å²) in [5.41, 5.74) is -0.914. The van der Waals surface area contributed by atoms with Crippen LogP contribution >= 0.6 is 12.6 Å². The smallest absolute Gasteiger partial charge is 0.320 e. The Labute approximate surface area is 101 Å². The molecule has 1 saturated heterocycles. The highest BCUT2D eigenvalue weighted by Crippen LogP contribution is 2.20. The number of hydrogen-bond acceptors (Lipinski definition) is 5. The van der Waals surface area contributed by atoms with Gasteiger partial charge in [0.2, 0.25) is 0 Å². The molecular weight excluding hydrogens is 230 g/mol. The molecule has 1 aliphatic rings. The predicted octanol–water partition coefficient (Wildman–Crippen LogP) is -0.111. The number of aliphatic hydroxyl groups is 1. The van der Waals surface area contributed by atoms with E-state index >= 15 is 0 Å². The number of rotatable bonds is 5. The maximum absolute atomic E-state index is 11.0. The molecule has 0 bridgehead atoms. The van der Waals surface area contributed by atoms with E-state index in [1.165, 1.54) is 0 Å². The lowest BCUT2D eigenvalue weighted by Gasteiger charge is -2.38. The molecule has 0 amide bonds. The van der Waals surface area contributed by atoms with Crippen molar-refractivity contribution < 1.29 is 19.7 Å². The van der Waals surface area contributed by atoms with E-state index in [-0.39, 0.29) is 6.04 Å². The van der Waals surface area contributed by atoms with Crippen LogP contribution in [0.3, 0.4) is 0 Å². The lowest BCUT2D eigenvalue weighted by Crippen LogP contribution is -2.59. The zero-order valence-electron chi connectivity index (χ0n) is 9.35. The minimum atomic E-state index is -0.921. The van der Waals surface area contributed by atoms with Crippen molar-refractivity contribution in [2.75, 3.05) is 19.0 Å². The van der Waals surface area contributed by atoms with E-state index in [1.54, 1.807) is 6.92 Å². The monoisotopic (exact) mass is 249 g/mol. The van der Waals surface area contributed by atoms with Gasteiger partial charge in [0, 0.05) is 13.0 Å². The van der Waals surface area contributed by atoms with Crippen LogP contribution in [0.4, 0.5) is 0 Å². The highest BCUT2D eigenvalue weighted by molar-refractivity contribution is 7.80. The lowest BCUT2D eigenvalue weighted by molar-refractivity contribution is -0.141. The Balaban J connectivity index is 2.58. The molecule has 94 valence electrons. The van der Waals surface area contributed by atoms with Crippen molar-refractivity contribution in [3.05, 3.63) is 0 Å². The number of aliphatic carboxylic acids is 1. The third kappa shape index (κ3) is 3.62. The molecule has 1 rings (SSSR count). The van der Waals surface area contributed by atoms with Gasteiger partial charge in [-0.05, 0) is 19.1 Å². The van der Waals surface area contributed by atoms with Gasteiger partial charge in [0.25, 0.3) is 0 Å². The Bertz CT molecular complexity index is 247. The minimum Gasteiger partial charge on any atom is -0.480 e. The first kappa shape index (κ1) is 13.8. The van der Waals surface area contributed by atoms with Gasteiger partial charge in [-0.25, -0.2) is 0 Å². The summed E-state index contributed by atoms with van der Waals surface area (Å²) in [5, 5.41) is 22.0. The van der Waals surface area contributed by atoms with Gasteiger partial charge in [-0.1, -0.05) is 0 Å². The van der Waals surface area contributed by atoms with Gasteiger partial charge < -0.3 is 14.9 Å². The van der Waals surface area contributed by atoms with Crippen molar-refractivity contribution in [1.82, 2.24) is 5.32 Å². The van der Waals surface area contributed by atoms with Crippen LogP contribution in [0.2, 0.25) is 0 Å². The molecule has 0 saturated carbocycles. The summed E-state index contributed by atoms with van der Waals surface area (Å²) in [6.45, 7) is 2.55. The average Bonchev–Trinajstić information content (AvgIpc) is 2.19. The molecule has 0 aromatic rings. The molecule has 0 spiro atoms. The van der Waals surface area contributed by atoms with Gasteiger partial charge in [0.1, 0.15) is 6.04 Å². The Morgan fingerprint density at radius 1 is 1.75 bits per heavy atom. The number of carboxylic acids is 1. The van der Waals surface area contributed by atoms with Crippen molar-refractivity contribution in [2.24, 2.45) is 0 Å². The molecule has 16 heavy (non-hydrogen) atoms. The molecule has 0 aliphatic carbocycles. The van der Waals surface area contributed by atoms with Crippen molar-refractivity contribution in [3.8, 4) is 0 Å². The third-order valence-electron chi connectivity index (χ3n) is 2.91. The largest absolute Gasteiger partial charge is 0.480 e. The van der Waals surface area contributed by atoms with E-state index in [4.69, 9.17) is 9.84 Å². The van der Waals surface area contributed by atoms with Crippen molar-refractivity contribution in [2.45, 2.75) is 37.5 Å². The standard InChI is InChI=1S/C10H19NO4S/c1-10(14)3-4-15-6-8(10)11-7(2-5-16)9(12)13/h7-8,11,14,16H,2-6H2,1H3,(H,12,13). The Morgan fingerprint density at radius 3 is 2.94 bits per heavy atom. The number of thiol groups is 1. The molecule has 5 nitrogen and oxygen atoms in total. The van der Waals surface area contributed by atoms with E-state index in [2.05, 4.69) is 17.9 Å². The fourth-order valence-corrected chi connectivity index (χ4v) is 1.97. The van der Waals surface area contributed by atoms with E-state index in [9.17, 15) is 9.90 Å². The van der Waals surface area contributed by atoms with Crippen LogP contribution in [0.5, 0.6) is 0 Å². The Morgan fingerprint density at radius 2 is 2.44 bits per heavy atom. The normalized spacial score (nSPS) is 32.3. The first-order chi connectivity index (χ1) is 7.47. The summed E-state index contributed by atoms with van der Waals surface area (Å²) in [6, 6.07) is -1.03. The minimum absolute atomic E-state index is 0.337.